The number of likely N-dealkylation sites (N-methyl/N-ethyl adjacent to an activating group) is 1. The highest BCUT2D eigenvalue weighted by atomic mass is 16.5. The van der Waals surface area contributed by atoms with Gasteiger partial charge in [-0.15, -0.1) is 0 Å². The molecule has 2 unspecified atom stereocenters. The fourth-order valence-electron chi connectivity index (χ4n) is 3.23. The Bertz CT molecular complexity index is 432. The highest BCUT2D eigenvalue weighted by Crippen LogP contribution is 2.48. The van der Waals surface area contributed by atoms with Gasteiger partial charge in [-0.2, -0.15) is 0 Å². The van der Waals surface area contributed by atoms with Gasteiger partial charge in [-0.1, -0.05) is 13.0 Å². The van der Waals surface area contributed by atoms with Crippen LogP contribution in [0.5, 0.6) is 5.75 Å². The number of nitrogens with one attached hydrogen (secondary N) is 1. The van der Waals surface area contributed by atoms with Gasteiger partial charge >= 0.3 is 0 Å². The highest BCUT2D eigenvalue weighted by molar-refractivity contribution is 5.66. The Morgan fingerprint density at radius 3 is 3.06 bits per heavy atom. The topological polar surface area (TPSA) is 24.5 Å². The van der Waals surface area contributed by atoms with Gasteiger partial charge in [0.15, 0.2) is 0 Å². The second-order valence-electron chi connectivity index (χ2n) is 5.02. The van der Waals surface area contributed by atoms with Gasteiger partial charge in [-0.05, 0) is 24.6 Å². The first-order chi connectivity index (χ1) is 7.66. The lowest BCUT2D eigenvalue weighted by atomic mass is 9.81. The minimum absolute atomic E-state index is 0.260. The molecule has 0 bridgehead atoms. The summed E-state index contributed by atoms with van der Waals surface area (Å²) in [6.45, 7) is 3.46. The fraction of sp³-hybridized carbons (Fsp3) is 0.538. The molecular weight excluding hydrogens is 200 g/mol. The Hall–Kier alpha value is -1.22. The normalized spacial score (nSPS) is 31.4. The Morgan fingerprint density at radius 2 is 2.31 bits per heavy atom. The number of nitrogens with zero attached hydrogens (tertiary/aromatic N) is 1. The Kier molecular flexibility index (Phi) is 1.96. The van der Waals surface area contributed by atoms with Crippen LogP contribution in [-0.2, 0) is 5.41 Å². The van der Waals surface area contributed by atoms with Crippen LogP contribution in [0.2, 0.25) is 0 Å². The molecule has 1 fully saturated rings. The quantitative estimate of drug-likeness (QED) is 0.777. The second kappa shape index (κ2) is 3.14. The number of rotatable bonds is 1. The maximum atomic E-state index is 5.30. The molecule has 2 aliphatic rings. The Labute approximate surface area is 96.4 Å². The van der Waals surface area contributed by atoms with E-state index in [2.05, 4.69) is 42.4 Å². The van der Waals surface area contributed by atoms with Crippen molar-refractivity contribution < 1.29 is 4.74 Å². The summed E-state index contributed by atoms with van der Waals surface area (Å²) >= 11 is 0. The summed E-state index contributed by atoms with van der Waals surface area (Å²) in [4.78, 5) is 2.34. The van der Waals surface area contributed by atoms with Crippen molar-refractivity contribution in [2.24, 2.45) is 0 Å². The van der Waals surface area contributed by atoms with Gasteiger partial charge < -0.3 is 9.64 Å². The number of ether oxygens (including phenoxy) is 1. The van der Waals surface area contributed by atoms with E-state index in [1.807, 2.05) is 0 Å². The van der Waals surface area contributed by atoms with E-state index in [1.54, 1.807) is 7.11 Å². The van der Waals surface area contributed by atoms with Crippen LogP contribution < -0.4 is 15.0 Å². The number of anilines is 1. The fourth-order valence-corrected chi connectivity index (χ4v) is 3.23. The molecule has 2 heterocycles. The summed E-state index contributed by atoms with van der Waals surface area (Å²) in [5, 5.41) is 3.58. The van der Waals surface area contributed by atoms with Crippen molar-refractivity contribution in [2.75, 3.05) is 25.6 Å². The number of hydrogen-bond donors (Lipinski definition) is 1. The third kappa shape index (κ3) is 1.07. The molecule has 86 valence electrons. The third-order valence-corrected chi connectivity index (χ3v) is 4.17. The molecule has 3 rings (SSSR count). The maximum Gasteiger partial charge on any atom is 0.120 e. The van der Waals surface area contributed by atoms with Crippen LogP contribution in [-0.4, -0.2) is 26.9 Å². The lowest BCUT2D eigenvalue weighted by Crippen LogP contribution is -2.44. The molecule has 1 N–H and O–H groups in total. The van der Waals surface area contributed by atoms with Gasteiger partial charge in [0, 0.05) is 24.2 Å². The molecular formula is C13H18N2O. The smallest absolute Gasteiger partial charge is 0.120 e. The van der Waals surface area contributed by atoms with Crippen LogP contribution in [0, 0.1) is 0 Å². The molecule has 16 heavy (non-hydrogen) atoms. The first kappa shape index (κ1) is 9.97. The molecule has 0 saturated carbocycles. The third-order valence-electron chi connectivity index (χ3n) is 4.17. The average Bonchev–Trinajstić information content (AvgIpc) is 2.77. The second-order valence-corrected chi connectivity index (χ2v) is 5.02. The molecule has 2 aliphatic heterocycles. The molecule has 1 aromatic rings. The molecule has 0 aromatic heterocycles. The summed E-state index contributed by atoms with van der Waals surface area (Å²) in [6.07, 6.45) is 1.65. The molecule has 0 amide bonds. The number of methoxy groups -OCH3 is 1. The summed E-state index contributed by atoms with van der Waals surface area (Å²) in [5.41, 5.74) is 3.01. The predicted molar refractivity (Wildman–Crippen MR) is 65.2 cm³/mol. The molecule has 1 saturated heterocycles. The minimum Gasteiger partial charge on any atom is -0.497 e. The van der Waals surface area contributed by atoms with E-state index < -0.39 is 0 Å². The van der Waals surface area contributed by atoms with Gasteiger partial charge in [-0.3, -0.25) is 5.32 Å². The van der Waals surface area contributed by atoms with Crippen molar-refractivity contribution in [1.82, 2.24) is 5.32 Å². The van der Waals surface area contributed by atoms with E-state index in [9.17, 15) is 0 Å². The van der Waals surface area contributed by atoms with Crippen molar-refractivity contribution in [2.45, 2.75) is 24.9 Å². The van der Waals surface area contributed by atoms with E-state index in [0.29, 0.717) is 6.17 Å². The summed E-state index contributed by atoms with van der Waals surface area (Å²) < 4.78 is 5.30. The van der Waals surface area contributed by atoms with E-state index in [-0.39, 0.29) is 5.41 Å². The molecule has 0 radical (unpaired) electrons. The first-order valence-electron chi connectivity index (χ1n) is 5.81. The zero-order valence-electron chi connectivity index (χ0n) is 10.1. The lowest BCUT2D eigenvalue weighted by molar-refractivity contribution is 0.414. The SMILES string of the molecule is COc1ccc2c(c1)N(C)C1NCCC21C. The van der Waals surface area contributed by atoms with Gasteiger partial charge in [-0.25, -0.2) is 0 Å². The van der Waals surface area contributed by atoms with E-state index in [1.165, 1.54) is 17.7 Å². The van der Waals surface area contributed by atoms with Crippen molar-refractivity contribution >= 4 is 5.69 Å². The minimum atomic E-state index is 0.260. The van der Waals surface area contributed by atoms with Crippen molar-refractivity contribution in [3.63, 3.8) is 0 Å². The van der Waals surface area contributed by atoms with Gasteiger partial charge in [0.2, 0.25) is 0 Å². The van der Waals surface area contributed by atoms with Gasteiger partial charge in [0.05, 0.1) is 13.3 Å². The lowest BCUT2D eigenvalue weighted by Gasteiger charge is -2.27. The Balaban J connectivity index is 2.14. The molecule has 2 atom stereocenters. The van der Waals surface area contributed by atoms with Gasteiger partial charge in [0.25, 0.3) is 0 Å². The predicted octanol–water partition coefficient (Wildman–Crippen LogP) is 1.72. The molecule has 3 nitrogen and oxygen atoms in total. The molecule has 0 spiro atoms. The van der Waals surface area contributed by atoms with Crippen molar-refractivity contribution in [3.8, 4) is 5.75 Å². The molecule has 3 heteroatoms. The number of benzene rings is 1. The number of fused-ring (bicyclic) bond motifs is 3. The highest BCUT2D eigenvalue weighted by Gasteiger charge is 2.49. The Morgan fingerprint density at radius 1 is 1.50 bits per heavy atom. The van der Waals surface area contributed by atoms with E-state index in [0.717, 1.165) is 12.3 Å². The maximum absolute atomic E-state index is 5.30. The van der Waals surface area contributed by atoms with Crippen LogP contribution in [0.15, 0.2) is 18.2 Å². The standard InChI is InChI=1S/C13H18N2O/c1-13-6-7-14-12(13)15(2)11-8-9(16-3)4-5-10(11)13/h4-5,8,12,14H,6-7H2,1-3H3. The van der Waals surface area contributed by atoms with Crippen LogP contribution in [0.4, 0.5) is 5.69 Å². The zero-order chi connectivity index (χ0) is 11.3. The summed E-state index contributed by atoms with van der Waals surface area (Å²) in [7, 11) is 3.88. The van der Waals surface area contributed by atoms with E-state index in [4.69, 9.17) is 4.74 Å². The monoisotopic (exact) mass is 218 g/mol. The molecule has 1 aromatic carbocycles. The van der Waals surface area contributed by atoms with Crippen LogP contribution in [0.3, 0.4) is 0 Å². The summed E-state index contributed by atoms with van der Waals surface area (Å²) in [6, 6.07) is 6.43. The van der Waals surface area contributed by atoms with Crippen molar-refractivity contribution in [1.29, 1.82) is 0 Å². The largest absolute Gasteiger partial charge is 0.497 e. The van der Waals surface area contributed by atoms with Crippen LogP contribution >= 0.6 is 0 Å². The average molecular weight is 218 g/mol. The van der Waals surface area contributed by atoms with Gasteiger partial charge in [0.1, 0.15) is 5.75 Å². The number of hydrogen-bond acceptors (Lipinski definition) is 3. The zero-order valence-corrected chi connectivity index (χ0v) is 10.1. The van der Waals surface area contributed by atoms with Crippen LogP contribution in [0.1, 0.15) is 18.9 Å². The van der Waals surface area contributed by atoms with E-state index >= 15 is 0 Å². The first-order valence-corrected chi connectivity index (χ1v) is 5.81. The van der Waals surface area contributed by atoms with Crippen molar-refractivity contribution in [3.05, 3.63) is 23.8 Å². The van der Waals surface area contributed by atoms with Crippen LogP contribution in [0.25, 0.3) is 0 Å². The molecule has 0 aliphatic carbocycles. The summed E-state index contributed by atoms with van der Waals surface area (Å²) in [5.74, 6) is 0.939.